The van der Waals surface area contributed by atoms with Gasteiger partial charge >= 0.3 is 11.7 Å². The van der Waals surface area contributed by atoms with Crippen LogP contribution in [-0.2, 0) is 11.3 Å². The average molecular weight is 266 g/mol. The lowest BCUT2D eigenvalue weighted by molar-refractivity contribution is -0.387. The summed E-state index contributed by atoms with van der Waals surface area (Å²) in [4.78, 5) is 21.6. The minimum absolute atomic E-state index is 0.0882. The monoisotopic (exact) mass is 266 g/mol. The van der Waals surface area contributed by atoms with Gasteiger partial charge in [-0.3, -0.25) is 19.8 Å². The van der Waals surface area contributed by atoms with Crippen molar-refractivity contribution in [3.8, 4) is 12.3 Å². The number of hydrogen-bond acceptors (Lipinski definition) is 4. The normalized spacial score (nSPS) is 10.2. The predicted molar refractivity (Wildman–Crippen MR) is 64.8 cm³/mol. The summed E-state index contributed by atoms with van der Waals surface area (Å²) in [5, 5.41) is 19.1. The molecular weight excluding hydrogens is 255 g/mol. The fourth-order valence-electron chi connectivity index (χ4n) is 1.54. The van der Waals surface area contributed by atoms with Crippen molar-refractivity contribution < 1.29 is 19.2 Å². The largest absolute Gasteiger partial charge is 0.480 e. The Hall–Kier alpha value is -2.46. The third kappa shape index (κ3) is 4.37. The van der Waals surface area contributed by atoms with Gasteiger partial charge in [0.15, 0.2) is 0 Å². The highest BCUT2D eigenvalue weighted by molar-refractivity contribution is 5.69. The van der Waals surface area contributed by atoms with Crippen LogP contribution in [0.2, 0.25) is 0 Å². The molecule has 0 atom stereocenters. The lowest BCUT2D eigenvalue weighted by Crippen LogP contribution is -2.29. The molecule has 0 bridgehead atoms. The van der Waals surface area contributed by atoms with Gasteiger partial charge in [0.25, 0.3) is 0 Å². The molecule has 1 rings (SSSR count). The van der Waals surface area contributed by atoms with Gasteiger partial charge in [0.2, 0.25) is 5.82 Å². The van der Waals surface area contributed by atoms with Crippen molar-refractivity contribution in [2.45, 2.75) is 6.54 Å². The van der Waals surface area contributed by atoms with Crippen LogP contribution < -0.4 is 0 Å². The van der Waals surface area contributed by atoms with Gasteiger partial charge in [-0.2, -0.15) is 4.39 Å². The Morgan fingerprint density at radius 1 is 1.58 bits per heavy atom. The van der Waals surface area contributed by atoms with Crippen LogP contribution in [0.25, 0.3) is 0 Å². The lowest BCUT2D eigenvalue weighted by Gasteiger charge is -2.17. The summed E-state index contributed by atoms with van der Waals surface area (Å²) in [6, 6.07) is 3.41. The zero-order chi connectivity index (χ0) is 14.4. The summed E-state index contributed by atoms with van der Waals surface area (Å²) >= 11 is 0. The van der Waals surface area contributed by atoms with E-state index in [4.69, 9.17) is 11.5 Å². The van der Waals surface area contributed by atoms with Crippen molar-refractivity contribution in [3.05, 3.63) is 39.7 Å². The van der Waals surface area contributed by atoms with Crippen molar-refractivity contribution in [2.24, 2.45) is 0 Å². The number of carboxylic acid groups (broad SMARTS) is 1. The third-order valence-corrected chi connectivity index (χ3v) is 2.29. The van der Waals surface area contributed by atoms with E-state index >= 15 is 0 Å². The number of carboxylic acids is 1. The molecule has 0 aliphatic rings. The molecule has 100 valence electrons. The first-order chi connectivity index (χ1) is 8.93. The van der Waals surface area contributed by atoms with Gasteiger partial charge in [-0.15, -0.1) is 6.42 Å². The van der Waals surface area contributed by atoms with E-state index in [9.17, 15) is 19.3 Å². The van der Waals surface area contributed by atoms with Gasteiger partial charge in [-0.1, -0.05) is 12.0 Å². The number of hydrogen-bond donors (Lipinski definition) is 1. The zero-order valence-corrected chi connectivity index (χ0v) is 9.88. The Morgan fingerprint density at radius 2 is 2.26 bits per heavy atom. The number of carbonyl (C=O) groups is 1. The van der Waals surface area contributed by atoms with E-state index < -0.39 is 22.4 Å². The van der Waals surface area contributed by atoms with E-state index in [0.29, 0.717) is 5.56 Å². The van der Waals surface area contributed by atoms with Crippen molar-refractivity contribution in [3.63, 3.8) is 0 Å². The number of nitro benzene ring substituents is 1. The maximum Gasteiger partial charge on any atom is 0.317 e. The SMILES string of the molecule is C#CCN(CC(=O)O)Cc1ccc([N+](=O)[O-])c(F)c1. The molecule has 0 amide bonds. The van der Waals surface area contributed by atoms with Gasteiger partial charge in [-0.25, -0.2) is 0 Å². The summed E-state index contributed by atoms with van der Waals surface area (Å²) in [7, 11) is 0. The molecule has 0 aliphatic heterocycles. The van der Waals surface area contributed by atoms with Gasteiger partial charge in [0.05, 0.1) is 18.0 Å². The summed E-state index contributed by atoms with van der Waals surface area (Å²) in [6.07, 6.45) is 5.10. The minimum atomic E-state index is -1.06. The second-order valence-corrected chi connectivity index (χ2v) is 3.79. The molecular formula is C12H11FN2O4. The van der Waals surface area contributed by atoms with E-state index in [2.05, 4.69) is 5.92 Å². The van der Waals surface area contributed by atoms with Crippen LogP contribution in [-0.4, -0.2) is 34.0 Å². The van der Waals surface area contributed by atoms with Crippen LogP contribution in [0.3, 0.4) is 0 Å². The fourth-order valence-corrected chi connectivity index (χ4v) is 1.54. The predicted octanol–water partition coefficient (Wildman–Crippen LogP) is 1.25. The first-order valence-electron chi connectivity index (χ1n) is 5.24. The number of benzene rings is 1. The minimum Gasteiger partial charge on any atom is -0.480 e. The summed E-state index contributed by atoms with van der Waals surface area (Å²) in [5.74, 6) is 0.281. The molecule has 1 aromatic carbocycles. The molecule has 0 aliphatic carbocycles. The van der Waals surface area contributed by atoms with E-state index in [1.807, 2.05) is 0 Å². The topological polar surface area (TPSA) is 83.7 Å². The maximum atomic E-state index is 13.4. The van der Waals surface area contributed by atoms with Gasteiger partial charge in [-0.05, 0) is 11.6 Å². The first kappa shape index (κ1) is 14.6. The molecule has 0 radical (unpaired) electrons. The second-order valence-electron chi connectivity index (χ2n) is 3.79. The Morgan fingerprint density at radius 3 is 2.74 bits per heavy atom. The molecule has 0 saturated heterocycles. The summed E-state index contributed by atoms with van der Waals surface area (Å²) in [5.41, 5.74) is -0.204. The highest BCUT2D eigenvalue weighted by atomic mass is 19.1. The molecule has 0 fully saturated rings. The molecule has 0 unspecified atom stereocenters. The van der Waals surface area contributed by atoms with Crippen molar-refractivity contribution in [1.29, 1.82) is 0 Å². The number of nitro groups is 1. The highest BCUT2D eigenvalue weighted by Crippen LogP contribution is 2.18. The lowest BCUT2D eigenvalue weighted by atomic mass is 10.2. The van der Waals surface area contributed by atoms with Crippen LogP contribution in [0.15, 0.2) is 18.2 Å². The Bertz CT molecular complexity index is 539. The van der Waals surface area contributed by atoms with E-state index in [1.54, 1.807) is 0 Å². The molecule has 6 nitrogen and oxygen atoms in total. The molecule has 0 heterocycles. The van der Waals surface area contributed by atoms with Gasteiger partial charge in [0.1, 0.15) is 0 Å². The van der Waals surface area contributed by atoms with Crippen molar-refractivity contribution in [1.82, 2.24) is 4.90 Å². The Labute approximate surface area is 108 Å². The number of nitrogens with zero attached hydrogens (tertiary/aromatic N) is 2. The molecule has 1 aromatic rings. The first-order valence-corrected chi connectivity index (χ1v) is 5.24. The Balaban J connectivity index is 2.85. The molecule has 0 aromatic heterocycles. The molecule has 19 heavy (non-hydrogen) atoms. The van der Waals surface area contributed by atoms with Crippen LogP contribution in [0.1, 0.15) is 5.56 Å². The molecule has 0 spiro atoms. The smallest absolute Gasteiger partial charge is 0.317 e. The van der Waals surface area contributed by atoms with Crippen molar-refractivity contribution in [2.75, 3.05) is 13.1 Å². The number of halogens is 1. The van der Waals surface area contributed by atoms with Crippen LogP contribution >= 0.6 is 0 Å². The zero-order valence-electron chi connectivity index (χ0n) is 9.88. The molecule has 7 heteroatoms. The average Bonchev–Trinajstić information content (AvgIpc) is 2.27. The number of terminal acetylenes is 1. The number of aliphatic carboxylic acids is 1. The van der Waals surface area contributed by atoms with Crippen LogP contribution in [0.4, 0.5) is 10.1 Å². The van der Waals surface area contributed by atoms with Crippen LogP contribution in [0, 0.1) is 28.3 Å². The van der Waals surface area contributed by atoms with Gasteiger partial charge < -0.3 is 5.11 Å². The summed E-state index contributed by atoms with van der Waals surface area (Å²) < 4.78 is 13.4. The fraction of sp³-hybridized carbons (Fsp3) is 0.250. The molecule has 1 N–H and O–H groups in total. The number of rotatable bonds is 6. The summed E-state index contributed by atoms with van der Waals surface area (Å²) in [6.45, 7) is -0.0981. The highest BCUT2D eigenvalue weighted by Gasteiger charge is 2.15. The van der Waals surface area contributed by atoms with Crippen LogP contribution in [0.5, 0.6) is 0 Å². The maximum absolute atomic E-state index is 13.4. The third-order valence-electron chi connectivity index (χ3n) is 2.29. The van der Waals surface area contributed by atoms with E-state index in [-0.39, 0.29) is 19.6 Å². The van der Waals surface area contributed by atoms with E-state index in [0.717, 1.165) is 12.1 Å². The van der Waals surface area contributed by atoms with Crippen molar-refractivity contribution >= 4 is 11.7 Å². The van der Waals surface area contributed by atoms with E-state index in [1.165, 1.54) is 11.0 Å². The standard InChI is InChI=1S/C12H11FN2O4/c1-2-5-14(8-12(16)17)7-9-3-4-11(15(18)19)10(13)6-9/h1,3-4,6H,5,7-8H2,(H,16,17). The second kappa shape index (κ2) is 6.47. The molecule has 0 saturated carbocycles. The Kier molecular flexibility index (Phi) is 4.97. The van der Waals surface area contributed by atoms with Gasteiger partial charge in [0, 0.05) is 12.6 Å². The quantitative estimate of drug-likeness (QED) is 0.476.